The van der Waals surface area contributed by atoms with Gasteiger partial charge in [-0.1, -0.05) is 0 Å². The van der Waals surface area contributed by atoms with Crippen LogP contribution in [0, 0.1) is 29.6 Å². The maximum atomic E-state index is 10.7. The molecule has 3 heteroatoms. The zero-order valence-electron chi connectivity index (χ0n) is 5.97. The molecule has 0 aliphatic heterocycles. The Hall–Kier alpha value is -0.570. The van der Waals surface area contributed by atoms with Gasteiger partial charge in [-0.3, -0.25) is 4.79 Å². The van der Waals surface area contributed by atoms with Gasteiger partial charge in [0.25, 0.3) is 0 Å². The Balaban J connectivity index is 1.97. The lowest BCUT2D eigenvalue weighted by molar-refractivity contribution is -0.143. The van der Waals surface area contributed by atoms with Gasteiger partial charge in [-0.15, -0.1) is 0 Å². The third-order valence-corrected chi connectivity index (χ3v) is 3.83. The highest BCUT2D eigenvalue weighted by Crippen LogP contribution is 2.73. The van der Waals surface area contributed by atoms with Gasteiger partial charge in [0.1, 0.15) is 0 Å². The summed E-state index contributed by atoms with van der Waals surface area (Å²) in [6.07, 6.45) is 0.680. The summed E-state index contributed by atoms with van der Waals surface area (Å²) in [6, 6.07) is 0. The summed E-state index contributed by atoms with van der Waals surface area (Å²) in [6.45, 7) is 0. The molecule has 0 spiro atoms. The van der Waals surface area contributed by atoms with E-state index in [4.69, 9.17) is 5.11 Å². The maximum absolute atomic E-state index is 10.7. The average Bonchev–Trinajstić information content (AvgIpc) is 2.33. The van der Waals surface area contributed by atoms with Crippen LogP contribution in [0.1, 0.15) is 6.42 Å². The molecule has 4 saturated carbocycles. The van der Waals surface area contributed by atoms with Crippen molar-refractivity contribution in [2.24, 2.45) is 29.6 Å². The number of hydrogen-bond acceptors (Lipinski definition) is 2. The van der Waals surface area contributed by atoms with Crippen LogP contribution in [0.25, 0.3) is 0 Å². The zero-order chi connectivity index (χ0) is 7.75. The van der Waals surface area contributed by atoms with Gasteiger partial charge in [-0.25, -0.2) is 0 Å². The van der Waals surface area contributed by atoms with E-state index in [0.29, 0.717) is 17.8 Å². The second-order valence-corrected chi connectivity index (χ2v) is 4.07. The Morgan fingerprint density at radius 2 is 2.00 bits per heavy atom. The Bertz CT molecular complexity index is 237. The summed E-state index contributed by atoms with van der Waals surface area (Å²) in [4.78, 5) is 10.7. The minimum atomic E-state index is -0.693. The van der Waals surface area contributed by atoms with Crippen molar-refractivity contribution in [3.63, 3.8) is 0 Å². The fourth-order valence-electron chi connectivity index (χ4n) is 3.46. The minimum Gasteiger partial charge on any atom is -0.481 e. The van der Waals surface area contributed by atoms with Gasteiger partial charge < -0.3 is 10.2 Å². The van der Waals surface area contributed by atoms with Crippen LogP contribution in [0.4, 0.5) is 0 Å². The number of aliphatic hydroxyl groups is 1. The van der Waals surface area contributed by atoms with E-state index in [-0.39, 0.29) is 17.9 Å². The first-order chi connectivity index (χ1) is 5.22. The van der Waals surface area contributed by atoms with Crippen LogP contribution < -0.4 is 0 Å². The van der Waals surface area contributed by atoms with Crippen LogP contribution in [0.5, 0.6) is 0 Å². The van der Waals surface area contributed by atoms with Crippen molar-refractivity contribution in [1.82, 2.24) is 0 Å². The molecule has 0 aromatic carbocycles. The zero-order valence-corrected chi connectivity index (χ0v) is 5.97. The molecule has 60 valence electrons. The van der Waals surface area contributed by atoms with Gasteiger partial charge in [0.15, 0.2) is 0 Å². The first-order valence-electron chi connectivity index (χ1n) is 4.12. The number of carboxylic acids is 1. The van der Waals surface area contributed by atoms with Gasteiger partial charge >= 0.3 is 5.97 Å². The molecule has 4 aliphatic rings. The van der Waals surface area contributed by atoms with E-state index in [0.717, 1.165) is 6.42 Å². The molecule has 0 aromatic heterocycles. The third kappa shape index (κ3) is 0.466. The van der Waals surface area contributed by atoms with E-state index in [1.54, 1.807) is 0 Å². The topological polar surface area (TPSA) is 57.5 Å². The predicted octanol–water partition coefficient (Wildman–Crippen LogP) is -0.0562. The fraction of sp³-hybridized carbons (Fsp3) is 0.875. The monoisotopic (exact) mass is 154 g/mol. The number of aliphatic hydroxyl groups excluding tert-OH is 1. The Morgan fingerprint density at radius 3 is 2.18 bits per heavy atom. The second-order valence-electron chi connectivity index (χ2n) is 4.07. The van der Waals surface area contributed by atoms with Gasteiger partial charge in [-0.05, 0) is 30.1 Å². The van der Waals surface area contributed by atoms with Crippen molar-refractivity contribution in [2.75, 3.05) is 0 Å². The fourth-order valence-corrected chi connectivity index (χ4v) is 3.46. The van der Waals surface area contributed by atoms with E-state index in [1.807, 2.05) is 0 Å². The van der Waals surface area contributed by atoms with Gasteiger partial charge in [0.2, 0.25) is 0 Å². The summed E-state index contributed by atoms with van der Waals surface area (Å²) in [7, 11) is 0. The highest BCUT2D eigenvalue weighted by atomic mass is 16.4. The van der Waals surface area contributed by atoms with Crippen molar-refractivity contribution in [1.29, 1.82) is 0 Å². The van der Waals surface area contributed by atoms with Crippen molar-refractivity contribution in [3.05, 3.63) is 0 Å². The van der Waals surface area contributed by atoms with Crippen molar-refractivity contribution in [3.8, 4) is 0 Å². The lowest BCUT2D eigenvalue weighted by Crippen LogP contribution is -2.22. The van der Waals surface area contributed by atoms with Crippen molar-refractivity contribution in [2.45, 2.75) is 12.5 Å². The average molecular weight is 154 g/mol. The van der Waals surface area contributed by atoms with Gasteiger partial charge in [0, 0.05) is 0 Å². The maximum Gasteiger partial charge on any atom is 0.307 e. The Labute approximate surface area is 64.0 Å². The summed E-state index contributed by atoms with van der Waals surface area (Å²) in [5.41, 5.74) is 0. The van der Waals surface area contributed by atoms with E-state index in [9.17, 15) is 9.90 Å². The molecule has 0 amide bonds. The highest BCUT2D eigenvalue weighted by Gasteiger charge is 2.75. The van der Waals surface area contributed by atoms with Crippen LogP contribution >= 0.6 is 0 Å². The lowest BCUT2D eigenvalue weighted by atomic mass is 9.97. The molecule has 2 N–H and O–H groups in total. The van der Waals surface area contributed by atoms with Crippen LogP contribution in [0.3, 0.4) is 0 Å². The first kappa shape index (κ1) is 6.00. The first-order valence-corrected chi connectivity index (χ1v) is 4.12. The molecule has 4 aliphatic carbocycles. The molecule has 0 heterocycles. The molecule has 4 fully saturated rings. The van der Waals surface area contributed by atoms with E-state index >= 15 is 0 Å². The van der Waals surface area contributed by atoms with Gasteiger partial charge in [0.05, 0.1) is 12.0 Å². The molecule has 0 aromatic rings. The SMILES string of the molecule is O=C(O)[C@@H]1[C@@H]2C[C@H]3[C@H]1[C@H]3[C@@H]2O. The number of rotatable bonds is 1. The molecular formula is C8H10O3. The van der Waals surface area contributed by atoms with Crippen molar-refractivity contribution >= 4 is 5.97 Å². The Morgan fingerprint density at radius 1 is 1.27 bits per heavy atom. The number of carbonyl (C=O) groups is 1. The number of carboxylic acid groups (broad SMARTS) is 1. The summed E-state index contributed by atoms with van der Waals surface area (Å²) >= 11 is 0. The Kier molecular flexibility index (Phi) is 0.796. The molecule has 3 nitrogen and oxygen atoms in total. The van der Waals surface area contributed by atoms with E-state index in [2.05, 4.69) is 0 Å². The minimum absolute atomic E-state index is 0.0903. The largest absolute Gasteiger partial charge is 0.481 e. The second kappa shape index (κ2) is 1.46. The lowest BCUT2D eigenvalue weighted by Gasteiger charge is -2.11. The molecular weight excluding hydrogens is 144 g/mol. The molecule has 6 atom stereocenters. The smallest absolute Gasteiger partial charge is 0.307 e. The molecule has 0 unspecified atom stereocenters. The molecule has 0 radical (unpaired) electrons. The van der Waals surface area contributed by atoms with Crippen LogP contribution in [-0.4, -0.2) is 22.3 Å². The summed E-state index contributed by atoms with van der Waals surface area (Å²) < 4.78 is 0. The highest BCUT2D eigenvalue weighted by molar-refractivity contribution is 5.73. The molecule has 0 saturated heterocycles. The predicted molar refractivity (Wildman–Crippen MR) is 35.7 cm³/mol. The summed E-state index contributed by atoms with van der Waals surface area (Å²) in [5.74, 6) is 0.457. The standard InChI is InChI=1S/C8H10O3/c9-7-3-1-2-4(5(2)7)6(3)8(10)11/h2-7,9H,1H2,(H,10,11)/t2-,3-,4-,5-,6+,7+/m0/s1. The molecule has 4 rings (SSSR count). The summed E-state index contributed by atoms with van der Waals surface area (Å²) in [5, 5.41) is 18.3. The molecule has 11 heavy (non-hydrogen) atoms. The van der Waals surface area contributed by atoms with Gasteiger partial charge in [-0.2, -0.15) is 0 Å². The van der Waals surface area contributed by atoms with Crippen LogP contribution in [0.2, 0.25) is 0 Å². The number of hydrogen-bond donors (Lipinski definition) is 2. The van der Waals surface area contributed by atoms with E-state index < -0.39 is 5.97 Å². The molecule has 4 bridgehead atoms. The number of aliphatic carboxylic acids is 1. The normalized spacial score (nSPS) is 63.4. The van der Waals surface area contributed by atoms with Crippen molar-refractivity contribution < 1.29 is 15.0 Å². The van der Waals surface area contributed by atoms with Crippen LogP contribution in [-0.2, 0) is 4.79 Å². The van der Waals surface area contributed by atoms with E-state index in [1.165, 1.54) is 0 Å². The quantitative estimate of drug-likeness (QED) is 0.556. The third-order valence-electron chi connectivity index (χ3n) is 3.83. The van der Waals surface area contributed by atoms with Crippen LogP contribution in [0.15, 0.2) is 0 Å².